The molecule has 0 aromatic heterocycles. The molecule has 144 valence electrons. The Morgan fingerprint density at radius 3 is 2.52 bits per heavy atom. The van der Waals surface area contributed by atoms with Gasteiger partial charge in [0.05, 0.1) is 16.2 Å². The van der Waals surface area contributed by atoms with Crippen LogP contribution >= 0.6 is 0 Å². The van der Waals surface area contributed by atoms with Gasteiger partial charge in [0.2, 0.25) is 0 Å². The average Bonchev–Trinajstić information content (AvgIpc) is 3.15. The third-order valence-electron chi connectivity index (χ3n) is 5.03. The minimum atomic E-state index is -3.61. The molecule has 0 aliphatic carbocycles. The molecule has 2 aromatic rings. The Bertz CT molecular complexity index is 881. The zero-order valence-electron chi connectivity index (χ0n) is 15.6. The first-order valence-corrected chi connectivity index (χ1v) is 11.0. The Morgan fingerprint density at radius 2 is 1.81 bits per heavy atom. The van der Waals surface area contributed by atoms with Crippen LogP contribution in [0.3, 0.4) is 0 Å². The number of hydrogen-bond donors (Lipinski definition) is 1. The molecule has 0 unspecified atom stereocenters. The van der Waals surface area contributed by atoms with Gasteiger partial charge in [-0.2, -0.15) is 0 Å². The Kier molecular flexibility index (Phi) is 6.29. The zero-order valence-corrected chi connectivity index (χ0v) is 16.4. The fourth-order valence-corrected chi connectivity index (χ4v) is 5.06. The third-order valence-corrected chi connectivity index (χ3v) is 6.77. The third kappa shape index (κ3) is 4.96. The van der Waals surface area contributed by atoms with Gasteiger partial charge in [-0.3, -0.25) is 4.79 Å². The van der Waals surface area contributed by atoms with E-state index < -0.39 is 9.84 Å². The van der Waals surface area contributed by atoms with Crippen molar-refractivity contribution >= 4 is 15.7 Å². The zero-order chi connectivity index (χ0) is 19.3. The quantitative estimate of drug-likeness (QED) is 0.795. The predicted octanol–water partition coefficient (Wildman–Crippen LogP) is 2.73. The van der Waals surface area contributed by atoms with Crippen molar-refractivity contribution in [1.82, 2.24) is 10.2 Å². The van der Waals surface area contributed by atoms with Crippen molar-refractivity contribution < 1.29 is 13.2 Å². The molecule has 1 atom stereocenters. The second-order valence-corrected chi connectivity index (χ2v) is 8.96. The van der Waals surface area contributed by atoms with Crippen LogP contribution in [0.15, 0.2) is 59.5 Å². The second-order valence-electron chi connectivity index (χ2n) is 7.00. The first kappa shape index (κ1) is 19.6. The molecule has 3 rings (SSSR count). The van der Waals surface area contributed by atoms with Crippen LogP contribution < -0.4 is 5.32 Å². The number of amides is 1. The molecule has 0 radical (unpaired) electrons. The van der Waals surface area contributed by atoms with E-state index in [-0.39, 0.29) is 22.1 Å². The lowest BCUT2D eigenvalue weighted by atomic mass is 10.1. The van der Waals surface area contributed by atoms with Crippen LogP contribution in [0.1, 0.15) is 29.3 Å². The van der Waals surface area contributed by atoms with Crippen LogP contribution in [0.25, 0.3) is 0 Å². The molecule has 1 N–H and O–H groups in total. The molecular weight excluding hydrogens is 360 g/mol. The summed E-state index contributed by atoms with van der Waals surface area (Å²) in [5.74, 6) is -0.0224. The summed E-state index contributed by atoms with van der Waals surface area (Å²) in [5.41, 5.74) is 0.928. The lowest BCUT2D eigenvalue weighted by Crippen LogP contribution is -2.31. The van der Waals surface area contributed by atoms with Gasteiger partial charge in [0.25, 0.3) is 5.91 Å². The first-order valence-electron chi connectivity index (χ1n) is 9.36. The van der Waals surface area contributed by atoms with E-state index in [0.717, 1.165) is 26.1 Å². The van der Waals surface area contributed by atoms with Gasteiger partial charge in [0.15, 0.2) is 9.84 Å². The van der Waals surface area contributed by atoms with E-state index in [1.807, 2.05) is 18.2 Å². The molecule has 1 heterocycles. The van der Waals surface area contributed by atoms with E-state index in [9.17, 15) is 13.2 Å². The molecule has 0 saturated carbocycles. The lowest BCUT2D eigenvalue weighted by molar-refractivity contribution is 0.0944. The molecule has 1 aliphatic rings. The number of carbonyl (C=O) groups excluding carboxylic acids is 1. The van der Waals surface area contributed by atoms with Crippen molar-refractivity contribution in [2.75, 3.05) is 26.2 Å². The van der Waals surface area contributed by atoms with Gasteiger partial charge in [-0.25, -0.2) is 8.42 Å². The SMILES string of the molecule is CCN1CC[C@@H](CNC(=O)c2ccccc2S(=O)(=O)Cc2ccccc2)C1. The van der Waals surface area contributed by atoms with E-state index in [4.69, 9.17) is 0 Å². The van der Waals surface area contributed by atoms with Gasteiger partial charge in [0, 0.05) is 13.1 Å². The monoisotopic (exact) mass is 386 g/mol. The maximum Gasteiger partial charge on any atom is 0.252 e. The van der Waals surface area contributed by atoms with Crippen molar-refractivity contribution in [1.29, 1.82) is 0 Å². The molecule has 6 heteroatoms. The predicted molar refractivity (Wildman–Crippen MR) is 106 cm³/mol. The van der Waals surface area contributed by atoms with Crippen molar-refractivity contribution in [3.63, 3.8) is 0 Å². The number of benzene rings is 2. The van der Waals surface area contributed by atoms with E-state index in [1.54, 1.807) is 30.3 Å². The summed E-state index contributed by atoms with van der Waals surface area (Å²) in [5, 5.41) is 2.93. The number of carbonyl (C=O) groups is 1. The average molecular weight is 387 g/mol. The lowest BCUT2D eigenvalue weighted by Gasteiger charge is -2.15. The van der Waals surface area contributed by atoms with Crippen LogP contribution in [-0.4, -0.2) is 45.4 Å². The van der Waals surface area contributed by atoms with E-state index >= 15 is 0 Å². The Hall–Kier alpha value is -2.18. The normalized spacial score (nSPS) is 17.7. The molecule has 5 nitrogen and oxygen atoms in total. The summed E-state index contributed by atoms with van der Waals surface area (Å²) in [6, 6.07) is 15.5. The molecule has 0 bridgehead atoms. The summed E-state index contributed by atoms with van der Waals surface area (Å²) in [6.45, 7) is 5.76. The summed E-state index contributed by atoms with van der Waals surface area (Å²) >= 11 is 0. The topological polar surface area (TPSA) is 66.5 Å². The van der Waals surface area contributed by atoms with Gasteiger partial charge < -0.3 is 10.2 Å². The van der Waals surface area contributed by atoms with Gasteiger partial charge in [-0.15, -0.1) is 0 Å². The molecule has 2 aromatic carbocycles. The number of sulfone groups is 1. The first-order chi connectivity index (χ1) is 13.0. The molecule has 27 heavy (non-hydrogen) atoms. The molecule has 1 saturated heterocycles. The largest absolute Gasteiger partial charge is 0.352 e. The second kappa shape index (κ2) is 8.67. The maximum atomic E-state index is 12.9. The van der Waals surface area contributed by atoms with Crippen molar-refractivity contribution in [2.45, 2.75) is 24.0 Å². The molecular formula is C21H26N2O3S. The highest BCUT2D eigenvalue weighted by Gasteiger charge is 2.25. The maximum absolute atomic E-state index is 12.9. The minimum absolute atomic E-state index is 0.0907. The highest BCUT2D eigenvalue weighted by molar-refractivity contribution is 7.90. The van der Waals surface area contributed by atoms with Gasteiger partial charge in [-0.1, -0.05) is 49.4 Å². The highest BCUT2D eigenvalue weighted by atomic mass is 32.2. The van der Waals surface area contributed by atoms with Crippen LogP contribution in [0, 0.1) is 5.92 Å². The molecule has 1 fully saturated rings. The summed E-state index contributed by atoms with van der Waals surface area (Å²) in [7, 11) is -3.61. The number of likely N-dealkylation sites (tertiary alicyclic amines) is 1. The number of nitrogens with zero attached hydrogens (tertiary/aromatic N) is 1. The van der Waals surface area contributed by atoms with E-state index in [0.29, 0.717) is 18.0 Å². The van der Waals surface area contributed by atoms with E-state index in [2.05, 4.69) is 17.1 Å². The summed E-state index contributed by atoms with van der Waals surface area (Å²) in [4.78, 5) is 15.1. The fraction of sp³-hybridized carbons (Fsp3) is 0.381. The Morgan fingerprint density at radius 1 is 1.11 bits per heavy atom. The van der Waals surface area contributed by atoms with Gasteiger partial charge in [-0.05, 0) is 43.1 Å². The van der Waals surface area contributed by atoms with Gasteiger partial charge >= 0.3 is 0 Å². The Balaban J connectivity index is 1.72. The smallest absolute Gasteiger partial charge is 0.252 e. The van der Waals surface area contributed by atoms with Crippen LogP contribution in [0.2, 0.25) is 0 Å². The minimum Gasteiger partial charge on any atom is -0.352 e. The van der Waals surface area contributed by atoms with Crippen molar-refractivity contribution in [3.05, 3.63) is 65.7 Å². The van der Waals surface area contributed by atoms with Crippen molar-refractivity contribution in [2.24, 2.45) is 5.92 Å². The number of rotatable bonds is 7. The van der Waals surface area contributed by atoms with Crippen LogP contribution in [0.5, 0.6) is 0 Å². The van der Waals surface area contributed by atoms with Crippen LogP contribution in [-0.2, 0) is 15.6 Å². The van der Waals surface area contributed by atoms with Crippen molar-refractivity contribution in [3.8, 4) is 0 Å². The number of hydrogen-bond acceptors (Lipinski definition) is 4. The van der Waals surface area contributed by atoms with E-state index in [1.165, 1.54) is 6.07 Å². The fourth-order valence-electron chi connectivity index (χ4n) is 3.50. The molecule has 1 amide bonds. The molecule has 1 aliphatic heterocycles. The summed E-state index contributed by atoms with van der Waals surface area (Å²) < 4.78 is 25.8. The summed E-state index contributed by atoms with van der Waals surface area (Å²) in [6.07, 6.45) is 1.06. The highest BCUT2D eigenvalue weighted by Crippen LogP contribution is 2.21. The number of nitrogens with one attached hydrogen (secondary N) is 1. The Labute approximate surface area is 161 Å². The molecule has 0 spiro atoms. The van der Waals surface area contributed by atoms with Crippen LogP contribution in [0.4, 0.5) is 0 Å². The standard InChI is InChI=1S/C21H26N2O3S/c1-2-23-13-12-18(15-23)14-22-21(24)19-10-6-7-11-20(19)27(25,26)16-17-8-4-3-5-9-17/h3-11,18H,2,12-16H2,1H3,(H,22,24)/t18-/m0/s1. The van der Waals surface area contributed by atoms with Gasteiger partial charge in [0.1, 0.15) is 0 Å².